The van der Waals surface area contributed by atoms with Crippen molar-refractivity contribution in [2.75, 3.05) is 39.3 Å². The highest BCUT2D eigenvalue weighted by atomic mass is 19.3. The van der Waals surface area contributed by atoms with Crippen LogP contribution in [-0.4, -0.2) is 71.8 Å². The van der Waals surface area contributed by atoms with Crippen molar-refractivity contribution in [2.45, 2.75) is 39.3 Å². The van der Waals surface area contributed by atoms with Gasteiger partial charge in [0.1, 0.15) is 0 Å². The quantitative estimate of drug-likeness (QED) is 0.568. The standard InChI is InChI=1S/C19H29F2N5O2.FH.2H2/c1-3-26(10-9-25-7-4-8-25)17(27)14-22-13-16-11-15(5-6-23-16)12-24-18(28)19(2,20)21;;;/h5-6,11,22H,3-4,7-10,12-14H2,1-2H3,(H,24,28);3*1H. The van der Waals surface area contributed by atoms with Crippen molar-refractivity contribution in [3.8, 4) is 0 Å². The smallest absolute Gasteiger partial charge is 0.321 e. The molecule has 2 amide bonds. The first-order chi connectivity index (χ1) is 13.3. The van der Waals surface area contributed by atoms with Crippen molar-refractivity contribution in [1.82, 2.24) is 25.4 Å². The van der Waals surface area contributed by atoms with E-state index in [0.29, 0.717) is 31.3 Å². The second-order valence-electron chi connectivity index (χ2n) is 7.00. The molecular formula is C19H34F3N5O2. The molecule has 10 heteroatoms. The average molecular weight is 422 g/mol. The zero-order valence-corrected chi connectivity index (χ0v) is 16.9. The minimum Gasteiger partial charge on any atom is -0.347 e. The third kappa shape index (κ3) is 8.36. The average Bonchev–Trinajstić information content (AvgIpc) is 2.61. The van der Waals surface area contributed by atoms with Crippen molar-refractivity contribution in [3.05, 3.63) is 29.6 Å². The van der Waals surface area contributed by atoms with Gasteiger partial charge in [-0.15, -0.1) is 0 Å². The number of nitrogens with zero attached hydrogens (tertiary/aromatic N) is 3. The number of pyridine rings is 1. The Hall–Kier alpha value is -2.20. The molecule has 168 valence electrons. The number of aromatic nitrogens is 1. The van der Waals surface area contributed by atoms with E-state index in [1.165, 1.54) is 6.42 Å². The van der Waals surface area contributed by atoms with Crippen LogP contribution in [0.1, 0.15) is 34.4 Å². The van der Waals surface area contributed by atoms with Crippen molar-refractivity contribution in [3.63, 3.8) is 0 Å². The zero-order valence-electron chi connectivity index (χ0n) is 16.9. The van der Waals surface area contributed by atoms with Gasteiger partial charge in [-0.05, 0) is 44.1 Å². The number of hydrogen-bond donors (Lipinski definition) is 2. The largest absolute Gasteiger partial charge is 0.347 e. The van der Waals surface area contributed by atoms with Crippen LogP contribution in [-0.2, 0) is 22.7 Å². The van der Waals surface area contributed by atoms with Crippen LogP contribution in [0.15, 0.2) is 18.3 Å². The molecule has 0 aromatic carbocycles. The lowest BCUT2D eigenvalue weighted by atomic mass is 10.2. The molecule has 0 aliphatic carbocycles. The highest BCUT2D eigenvalue weighted by molar-refractivity contribution is 5.82. The third-order valence-corrected chi connectivity index (χ3v) is 4.68. The van der Waals surface area contributed by atoms with Crippen LogP contribution < -0.4 is 10.6 Å². The maximum Gasteiger partial charge on any atom is 0.321 e. The monoisotopic (exact) mass is 421 g/mol. The number of rotatable bonds is 11. The lowest BCUT2D eigenvalue weighted by molar-refractivity contribution is -0.143. The summed E-state index contributed by atoms with van der Waals surface area (Å²) in [5.41, 5.74) is 1.34. The first-order valence-corrected chi connectivity index (χ1v) is 9.60. The van der Waals surface area contributed by atoms with E-state index in [1.54, 1.807) is 18.3 Å². The molecule has 7 nitrogen and oxygen atoms in total. The SMILES string of the molecule is CCN(CCN1CCC1)C(=O)CNCc1cc(CNC(=O)C(C)(F)F)ccn1.F.[HH].[HH]. The van der Waals surface area contributed by atoms with Gasteiger partial charge in [0, 0.05) is 48.7 Å². The minimum atomic E-state index is -3.40. The van der Waals surface area contributed by atoms with E-state index in [9.17, 15) is 18.4 Å². The Kier molecular flexibility index (Phi) is 10.0. The number of alkyl halides is 2. The Bertz CT molecular complexity index is 676. The van der Waals surface area contributed by atoms with Crippen LogP contribution in [0.2, 0.25) is 0 Å². The molecule has 29 heavy (non-hydrogen) atoms. The van der Waals surface area contributed by atoms with Crippen molar-refractivity contribution in [2.24, 2.45) is 0 Å². The molecule has 2 N–H and O–H groups in total. The highest BCUT2D eigenvalue weighted by Gasteiger charge is 2.31. The van der Waals surface area contributed by atoms with Gasteiger partial charge in [0.05, 0.1) is 12.2 Å². The maximum absolute atomic E-state index is 12.9. The second-order valence-corrected chi connectivity index (χ2v) is 7.00. The molecule has 0 saturated carbocycles. The number of nitrogens with one attached hydrogen (secondary N) is 2. The molecule has 1 saturated heterocycles. The van der Waals surface area contributed by atoms with Gasteiger partial charge in [0.15, 0.2) is 0 Å². The lowest BCUT2D eigenvalue weighted by Gasteiger charge is -2.33. The Morgan fingerprint density at radius 1 is 1.34 bits per heavy atom. The number of amides is 2. The highest BCUT2D eigenvalue weighted by Crippen LogP contribution is 2.11. The fourth-order valence-electron chi connectivity index (χ4n) is 2.81. The summed E-state index contributed by atoms with van der Waals surface area (Å²) in [5, 5.41) is 5.27. The van der Waals surface area contributed by atoms with Crippen molar-refractivity contribution in [1.29, 1.82) is 0 Å². The summed E-state index contributed by atoms with van der Waals surface area (Å²) in [6, 6.07) is 3.37. The van der Waals surface area contributed by atoms with Crippen LogP contribution in [0, 0.1) is 0 Å². The van der Waals surface area contributed by atoms with Gasteiger partial charge in [0.25, 0.3) is 5.91 Å². The van der Waals surface area contributed by atoms with E-state index in [0.717, 1.165) is 26.2 Å². The van der Waals surface area contributed by atoms with E-state index >= 15 is 0 Å². The predicted molar refractivity (Wildman–Crippen MR) is 108 cm³/mol. The van der Waals surface area contributed by atoms with Crippen molar-refractivity contribution < 1.29 is 25.9 Å². The number of carbonyl (C=O) groups excluding carboxylic acids is 2. The Morgan fingerprint density at radius 2 is 2.07 bits per heavy atom. The molecule has 0 atom stereocenters. The van der Waals surface area contributed by atoms with Crippen LogP contribution in [0.3, 0.4) is 0 Å². The molecule has 0 spiro atoms. The fourth-order valence-corrected chi connectivity index (χ4v) is 2.81. The molecule has 0 bridgehead atoms. The van der Waals surface area contributed by atoms with E-state index in [1.807, 2.05) is 11.8 Å². The normalized spacial score (nSPS) is 13.9. The molecule has 2 heterocycles. The first-order valence-electron chi connectivity index (χ1n) is 9.60. The summed E-state index contributed by atoms with van der Waals surface area (Å²) in [6.45, 7) is 7.64. The summed E-state index contributed by atoms with van der Waals surface area (Å²) in [7, 11) is 0. The van der Waals surface area contributed by atoms with Crippen LogP contribution in [0.4, 0.5) is 13.5 Å². The molecule has 1 aromatic rings. The molecule has 1 aliphatic rings. The van der Waals surface area contributed by atoms with E-state index in [-0.39, 0.29) is 26.6 Å². The molecule has 1 fully saturated rings. The molecule has 0 unspecified atom stereocenters. The molecular weight excluding hydrogens is 387 g/mol. The predicted octanol–water partition coefficient (Wildman–Crippen LogP) is 1.64. The van der Waals surface area contributed by atoms with Gasteiger partial charge in [-0.25, -0.2) is 0 Å². The number of likely N-dealkylation sites (N-methyl/N-ethyl adjacent to an activating group) is 1. The number of carbonyl (C=O) groups is 2. The van der Waals surface area contributed by atoms with Gasteiger partial charge in [-0.3, -0.25) is 19.3 Å². The Balaban J connectivity index is 0. The van der Waals surface area contributed by atoms with Gasteiger partial charge < -0.3 is 20.4 Å². The van der Waals surface area contributed by atoms with Crippen molar-refractivity contribution >= 4 is 11.8 Å². The summed E-state index contributed by atoms with van der Waals surface area (Å²) in [4.78, 5) is 31.9. The summed E-state index contributed by atoms with van der Waals surface area (Å²) in [5.74, 6) is -4.68. The molecule has 2 rings (SSSR count). The van der Waals surface area contributed by atoms with E-state index < -0.39 is 11.8 Å². The van der Waals surface area contributed by atoms with Gasteiger partial charge in [0.2, 0.25) is 5.91 Å². The first kappa shape index (κ1) is 24.8. The van der Waals surface area contributed by atoms with E-state index in [2.05, 4.69) is 20.5 Å². The van der Waals surface area contributed by atoms with Crippen LogP contribution in [0.5, 0.6) is 0 Å². The summed E-state index contributed by atoms with van der Waals surface area (Å²) < 4.78 is 25.8. The third-order valence-electron chi connectivity index (χ3n) is 4.68. The number of halogens is 3. The summed E-state index contributed by atoms with van der Waals surface area (Å²) in [6.07, 6.45) is 2.79. The molecule has 1 aliphatic heterocycles. The molecule has 0 radical (unpaired) electrons. The van der Waals surface area contributed by atoms with Gasteiger partial charge >= 0.3 is 5.92 Å². The van der Waals surface area contributed by atoms with Crippen LogP contribution in [0.25, 0.3) is 0 Å². The zero-order chi connectivity index (χ0) is 20.6. The number of likely N-dealkylation sites (tertiary alicyclic amines) is 1. The summed E-state index contributed by atoms with van der Waals surface area (Å²) >= 11 is 0. The lowest BCUT2D eigenvalue weighted by Crippen LogP contribution is -2.45. The Labute approximate surface area is 172 Å². The van der Waals surface area contributed by atoms with Gasteiger partial charge in [-0.2, -0.15) is 8.78 Å². The minimum absolute atomic E-state index is 0. The van der Waals surface area contributed by atoms with Gasteiger partial charge in [-0.1, -0.05) is 0 Å². The van der Waals surface area contributed by atoms with E-state index in [4.69, 9.17) is 0 Å². The Morgan fingerprint density at radius 3 is 2.66 bits per heavy atom. The second kappa shape index (κ2) is 11.7. The van der Waals surface area contributed by atoms with Crippen LogP contribution >= 0.6 is 0 Å². The molecule has 1 aromatic heterocycles. The fraction of sp³-hybridized carbons (Fsp3) is 0.632. The topological polar surface area (TPSA) is 77.6 Å². The maximum atomic E-state index is 12.9. The number of hydrogen-bond acceptors (Lipinski definition) is 5.